The van der Waals surface area contributed by atoms with Crippen LogP contribution in [-0.4, -0.2) is 24.9 Å². The van der Waals surface area contributed by atoms with Gasteiger partial charge in [-0.05, 0) is 18.2 Å². The predicted octanol–water partition coefficient (Wildman–Crippen LogP) is -0.301. The van der Waals surface area contributed by atoms with Gasteiger partial charge in [0.1, 0.15) is 0 Å². The van der Waals surface area contributed by atoms with Crippen molar-refractivity contribution < 1.29 is 9.59 Å². The zero-order valence-electron chi connectivity index (χ0n) is 9.02. The minimum Gasteiger partial charge on any atom is -0.399 e. The number of nitrogen functional groups attached to an aromatic ring is 1. The lowest BCUT2D eigenvalue weighted by Gasteiger charge is -2.22. The van der Waals surface area contributed by atoms with Crippen molar-refractivity contribution in [2.24, 2.45) is 11.5 Å². The Labute approximate surface area is 103 Å². The Kier molecular flexibility index (Phi) is 4.17. The van der Waals surface area contributed by atoms with E-state index in [0.29, 0.717) is 16.4 Å². The zero-order valence-corrected chi connectivity index (χ0v) is 9.78. The molecule has 0 fully saturated rings. The van der Waals surface area contributed by atoms with Gasteiger partial charge in [0.15, 0.2) is 0 Å². The van der Waals surface area contributed by atoms with Gasteiger partial charge >= 0.3 is 0 Å². The molecule has 1 rings (SSSR count). The average Bonchev–Trinajstić information content (AvgIpc) is 2.14. The number of nitrogens with zero attached hydrogens (tertiary/aromatic N) is 1. The molecule has 0 atom stereocenters. The van der Waals surface area contributed by atoms with Crippen molar-refractivity contribution in [3.05, 3.63) is 23.2 Å². The number of halogens is 1. The van der Waals surface area contributed by atoms with E-state index < -0.39 is 11.8 Å². The molecule has 6 nitrogen and oxygen atoms in total. The maximum absolute atomic E-state index is 10.9. The van der Waals surface area contributed by atoms with Gasteiger partial charge in [-0.15, -0.1) is 0 Å². The van der Waals surface area contributed by atoms with Crippen molar-refractivity contribution in [2.75, 3.05) is 23.7 Å². The van der Waals surface area contributed by atoms with Crippen LogP contribution in [0.15, 0.2) is 18.2 Å². The number of hydrogen-bond acceptors (Lipinski definition) is 4. The lowest BCUT2D eigenvalue weighted by Crippen LogP contribution is -2.39. The van der Waals surface area contributed by atoms with E-state index in [1.807, 2.05) is 0 Å². The first-order chi connectivity index (χ1) is 7.90. The van der Waals surface area contributed by atoms with Crippen LogP contribution < -0.4 is 22.1 Å². The minimum absolute atomic E-state index is 0.146. The van der Waals surface area contributed by atoms with Gasteiger partial charge in [0.25, 0.3) is 0 Å². The summed E-state index contributed by atoms with van der Waals surface area (Å²) in [5.41, 5.74) is 16.7. The number of rotatable bonds is 5. The minimum atomic E-state index is -0.584. The number of amides is 2. The van der Waals surface area contributed by atoms with E-state index >= 15 is 0 Å². The second-order valence-electron chi connectivity index (χ2n) is 3.50. The van der Waals surface area contributed by atoms with E-state index in [2.05, 4.69) is 0 Å². The van der Waals surface area contributed by atoms with Crippen LogP contribution in [0.1, 0.15) is 0 Å². The van der Waals surface area contributed by atoms with E-state index in [1.165, 1.54) is 11.0 Å². The normalized spacial score (nSPS) is 9.94. The highest BCUT2D eigenvalue weighted by molar-refractivity contribution is 6.33. The molecule has 2 amide bonds. The Bertz CT molecular complexity index is 434. The molecule has 0 unspecified atom stereocenters. The zero-order chi connectivity index (χ0) is 13.0. The van der Waals surface area contributed by atoms with Gasteiger partial charge in [0.2, 0.25) is 11.8 Å². The molecule has 6 N–H and O–H groups in total. The fourth-order valence-electron chi connectivity index (χ4n) is 1.38. The molecule has 0 saturated carbocycles. The van der Waals surface area contributed by atoms with Gasteiger partial charge in [-0.3, -0.25) is 9.59 Å². The molecule has 1 aromatic rings. The molecule has 0 heterocycles. The molecule has 0 bridgehead atoms. The molecule has 17 heavy (non-hydrogen) atoms. The quantitative estimate of drug-likeness (QED) is 0.627. The number of primary amides is 2. The van der Waals surface area contributed by atoms with Crippen molar-refractivity contribution in [2.45, 2.75) is 0 Å². The highest BCUT2D eigenvalue weighted by Crippen LogP contribution is 2.27. The van der Waals surface area contributed by atoms with Gasteiger partial charge in [-0.25, -0.2) is 0 Å². The first-order valence-electron chi connectivity index (χ1n) is 4.76. The maximum atomic E-state index is 10.9. The van der Waals surface area contributed by atoms with E-state index in [-0.39, 0.29) is 13.1 Å². The van der Waals surface area contributed by atoms with Gasteiger partial charge in [0, 0.05) is 5.69 Å². The standard InChI is InChI=1S/C10H13ClN4O2/c11-7-3-6(12)1-2-8(7)15(4-9(13)16)5-10(14)17/h1-3H,4-5,12H2,(H2,13,16)(H2,14,17). The topological polar surface area (TPSA) is 115 Å². The molecule has 0 saturated heterocycles. The molecule has 0 aliphatic carbocycles. The van der Waals surface area contributed by atoms with Crippen LogP contribution in [0.2, 0.25) is 5.02 Å². The summed E-state index contributed by atoms with van der Waals surface area (Å²) >= 11 is 5.97. The van der Waals surface area contributed by atoms with E-state index in [9.17, 15) is 9.59 Å². The fraction of sp³-hybridized carbons (Fsp3) is 0.200. The fourth-order valence-corrected chi connectivity index (χ4v) is 1.69. The number of anilines is 2. The van der Waals surface area contributed by atoms with E-state index in [4.69, 9.17) is 28.8 Å². The van der Waals surface area contributed by atoms with Crippen molar-refractivity contribution in [3.8, 4) is 0 Å². The molecular formula is C10H13ClN4O2. The van der Waals surface area contributed by atoms with Crippen LogP contribution in [0.5, 0.6) is 0 Å². The third-order valence-electron chi connectivity index (χ3n) is 2.01. The second kappa shape index (κ2) is 5.40. The van der Waals surface area contributed by atoms with Crippen molar-refractivity contribution in [1.82, 2.24) is 0 Å². The SMILES string of the molecule is NC(=O)CN(CC(N)=O)c1ccc(N)cc1Cl. The smallest absolute Gasteiger partial charge is 0.236 e. The van der Waals surface area contributed by atoms with E-state index in [1.54, 1.807) is 12.1 Å². The first kappa shape index (κ1) is 13.1. The Morgan fingerprint density at radius 1 is 1.18 bits per heavy atom. The Balaban J connectivity index is 3.02. The van der Waals surface area contributed by atoms with Gasteiger partial charge < -0.3 is 22.1 Å². The molecule has 1 aromatic carbocycles. The lowest BCUT2D eigenvalue weighted by atomic mass is 10.2. The van der Waals surface area contributed by atoms with Crippen LogP contribution in [0.3, 0.4) is 0 Å². The molecular weight excluding hydrogens is 244 g/mol. The average molecular weight is 257 g/mol. The first-order valence-corrected chi connectivity index (χ1v) is 5.14. The predicted molar refractivity (Wildman–Crippen MR) is 66.5 cm³/mol. The largest absolute Gasteiger partial charge is 0.399 e. The highest BCUT2D eigenvalue weighted by atomic mass is 35.5. The third kappa shape index (κ3) is 3.84. The maximum Gasteiger partial charge on any atom is 0.236 e. The van der Waals surface area contributed by atoms with E-state index in [0.717, 1.165) is 0 Å². The summed E-state index contributed by atoms with van der Waals surface area (Å²) in [7, 11) is 0. The van der Waals surface area contributed by atoms with Gasteiger partial charge in [0.05, 0.1) is 23.8 Å². The third-order valence-corrected chi connectivity index (χ3v) is 2.31. The van der Waals surface area contributed by atoms with Gasteiger partial charge in [-0.1, -0.05) is 11.6 Å². The Morgan fingerprint density at radius 2 is 1.71 bits per heavy atom. The summed E-state index contributed by atoms with van der Waals surface area (Å²) in [4.78, 5) is 23.2. The lowest BCUT2D eigenvalue weighted by molar-refractivity contribution is -0.117. The van der Waals surface area contributed by atoms with Crippen LogP contribution in [0.25, 0.3) is 0 Å². The van der Waals surface area contributed by atoms with Crippen molar-refractivity contribution in [3.63, 3.8) is 0 Å². The highest BCUT2D eigenvalue weighted by Gasteiger charge is 2.15. The molecule has 0 aromatic heterocycles. The van der Waals surface area contributed by atoms with Crippen LogP contribution in [-0.2, 0) is 9.59 Å². The molecule has 92 valence electrons. The number of benzene rings is 1. The van der Waals surface area contributed by atoms with Crippen molar-refractivity contribution >= 4 is 34.8 Å². The summed E-state index contributed by atoms with van der Waals surface area (Å²) in [6.45, 7) is -0.293. The molecule has 7 heteroatoms. The number of nitrogens with two attached hydrogens (primary N) is 3. The molecule has 0 aliphatic heterocycles. The summed E-state index contributed by atoms with van der Waals surface area (Å²) in [5.74, 6) is -1.17. The van der Waals surface area contributed by atoms with Crippen molar-refractivity contribution in [1.29, 1.82) is 0 Å². The molecule has 0 spiro atoms. The number of carbonyl (C=O) groups is 2. The second-order valence-corrected chi connectivity index (χ2v) is 3.91. The number of carbonyl (C=O) groups excluding carboxylic acids is 2. The van der Waals surface area contributed by atoms with Gasteiger partial charge in [-0.2, -0.15) is 0 Å². The molecule has 0 aliphatic rings. The summed E-state index contributed by atoms with van der Waals surface area (Å²) < 4.78 is 0. The monoisotopic (exact) mass is 256 g/mol. The van der Waals surface area contributed by atoms with Crippen LogP contribution >= 0.6 is 11.6 Å². The Hall–Kier alpha value is -1.95. The Morgan fingerprint density at radius 3 is 2.12 bits per heavy atom. The summed E-state index contributed by atoms with van der Waals surface area (Å²) in [6.07, 6.45) is 0. The van der Waals surface area contributed by atoms with Crippen LogP contribution in [0, 0.1) is 0 Å². The summed E-state index contributed by atoms with van der Waals surface area (Å²) in [5, 5.41) is 0.326. The van der Waals surface area contributed by atoms with Crippen LogP contribution in [0.4, 0.5) is 11.4 Å². The molecule has 0 radical (unpaired) electrons. The number of hydrogen-bond donors (Lipinski definition) is 3. The summed E-state index contributed by atoms with van der Waals surface area (Å²) in [6, 6.07) is 4.73.